The van der Waals surface area contributed by atoms with Crippen LogP contribution in [0.5, 0.6) is 0 Å². The van der Waals surface area contributed by atoms with Crippen molar-refractivity contribution < 1.29 is 0 Å². The van der Waals surface area contributed by atoms with Crippen LogP contribution in [0.2, 0.25) is 0 Å². The molecular formula is C20H24N2S. The number of benzene rings is 1. The topological polar surface area (TPSA) is 16.1 Å². The minimum atomic E-state index is 0.453. The average molecular weight is 324 g/mol. The molecule has 0 radical (unpaired) electrons. The molecule has 1 unspecified atom stereocenters. The van der Waals surface area contributed by atoms with Gasteiger partial charge in [-0.1, -0.05) is 25.0 Å². The molecule has 0 N–H and O–H groups in total. The lowest BCUT2D eigenvalue weighted by Crippen LogP contribution is -2.59. The molecular weight excluding hydrogens is 300 g/mol. The number of likely N-dealkylation sites (N-methyl/N-ethyl adjacent to an activating group) is 1. The summed E-state index contributed by atoms with van der Waals surface area (Å²) >= 11 is 1.69. The zero-order valence-electron chi connectivity index (χ0n) is 13.8. The Morgan fingerprint density at radius 2 is 2.22 bits per heavy atom. The third kappa shape index (κ3) is 1.99. The van der Waals surface area contributed by atoms with Crippen LogP contribution in [-0.2, 0) is 11.8 Å². The second-order valence-corrected chi connectivity index (χ2v) is 8.47. The van der Waals surface area contributed by atoms with Gasteiger partial charge in [0.15, 0.2) is 0 Å². The molecule has 1 saturated heterocycles. The molecule has 5 rings (SSSR count). The van der Waals surface area contributed by atoms with Gasteiger partial charge in [-0.2, -0.15) is 0 Å². The SMILES string of the molecule is CN1CC[C@@]23CCCCC2[C@@H]1Cc1ccc(-c2cscn2)cc13. The monoisotopic (exact) mass is 324 g/mol. The fourth-order valence-electron chi connectivity index (χ4n) is 5.71. The van der Waals surface area contributed by atoms with Gasteiger partial charge in [0.05, 0.1) is 11.2 Å². The highest BCUT2D eigenvalue weighted by Crippen LogP contribution is 2.55. The first kappa shape index (κ1) is 14.2. The number of hydrogen-bond donors (Lipinski definition) is 0. The Morgan fingerprint density at radius 3 is 3.09 bits per heavy atom. The van der Waals surface area contributed by atoms with E-state index in [1.165, 1.54) is 50.6 Å². The third-order valence-electron chi connectivity index (χ3n) is 6.84. The van der Waals surface area contributed by atoms with Crippen molar-refractivity contribution in [1.29, 1.82) is 0 Å². The van der Waals surface area contributed by atoms with Crippen LogP contribution in [-0.4, -0.2) is 29.5 Å². The predicted octanol–water partition coefficient (Wildman–Crippen LogP) is 4.50. The average Bonchev–Trinajstić information content (AvgIpc) is 3.12. The molecule has 1 aromatic heterocycles. The highest BCUT2D eigenvalue weighted by atomic mass is 32.1. The Morgan fingerprint density at radius 1 is 1.26 bits per heavy atom. The van der Waals surface area contributed by atoms with Crippen molar-refractivity contribution in [3.8, 4) is 11.3 Å². The number of nitrogens with zero attached hydrogens (tertiary/aromatic N) is 2. The van der Waals surface area contributed by atoms with E-state index in [0.29, 0.717) is 5.41 Å². The highest BCUT2D eigenvalue weighted by molar-refractivity contribution is 7.07. The van der Waals surface area contributed by atoms with Gasteiger partial charge in [-0.3, -0.25) is 0 Å². The van der Waals surface area contributed by atoms with Gasteiger partial charge in [-0.15, -0.1) is 11.3 Å². The fraction of sp³-hybridized carbons (Fsp3) is 0.550. The van der Waals surface area contributed by atoms with E-state index in [0.717, 1.165) is 17.7 Å². The molecule has 120 valence electrons. The summed E-state index contributed by atoms with van der Waals surface area (Å²) < 4.78 is 0. The van der Waals surface area contributed by atoms with Gasteiger partial charge in [0, 0.05) is 22.4 Å². The minimum absolute atomic E-state index is 0.453. The van der Waals surface area contributed by atoms with Crippen LogP contribution in [0, 0.1) is 5.92 Å². The summed E-state index contributed by atoms with van der Waals surface area (Å²) in [7, 11) is 2.35. The van der Waals surface area contributed by atoms with E-state index < -0.39 is 0 Å². The largest absolute Gasteiger partial charge is 0.303 e. The lowest BCUT2D eigenvalue weighted by Gasteiger charge is -2.58. The number of piperidine rings is 1. The van der Waals surface area contributed by atoms with Gasteiger partial charge in [-0.25, -0.2) is 4.98 Å². The van der Waals surface area contributed by atoms with Gasteiger partial charge >= 0.3 is 0 Å². The molecule has 1 saturated carbocycles. The summed E-state index contributed by atoms with van der Waals surface area (Å²) in [5.74, 6) is 0.869. The normalized spacial score (nSPS) is 33.1. The number of rotatable bonds is 1. The Hall–Kier alpha value is -1.19. The molecule has 2 bridgehead atoms. The van der Waals surface area contributed by atoms with Crippen LogP contribution in [0.3, 0.4) is 0 Å². The minimum Gasteiger partial charge on any atom is -0.303 e. The van der Waals surface area contributed by atoms with Crippen molar-refractivity contribution >= 4 is 11.3 Å². The predicted molar refractivity (Wildman–Crippen MR) is 95.9 cm³/mol. The van der Waals surface area contributed by atoms with Crippen LogP contribution >= 0.6 is 11.3 Å². The van der Waals surface area contributed by atoms with E-state index in [1.54, 1.807) is 22.5 Å². The van der Waals surface area contributed by atoms with Crippen LogP contribution in [0.1, 0.15) is 43.2 Å². The van der Waals surface area contributed by atoms with E-state index >= 15 is 0 Å². The summed E-state index contributed by atoms with van der Waals surface area (Å²) in [6.45, 7) is 1.27. The molecule has 23 heavy (non-hydrogen) atoms. The number of fused-ring (bicyclic) bond motifs is 1. The maximum atomic E-state index is 4.54. The van der Waals surface area contributed by atoms with Gasteiger partial charge in [0.2, 0.25) is 0 Å². The van der Waals surface area contributed by atoms with E-state index in [-0.39, 0.29) is 0 Å². The summed E-state index contributed by atoms with van der Waals surface area (Å²) in [6, 6.07) is 7.97. The molecule has 2 aliphatic carbocycles. The number of thiazole rings is 1. The smallest absolute Gasteiger partial charge is 0.0811 e. The first-order valence-corrected chi connectivity index (χ1v) is 9.94. The molecule has 0 amide bonds. The summed E-state index contributed by atoms with van der Waals surface area (Å²) in [6.07, 6.45) is 8.25. The summed E-state index contributed by atoms with van der Waals surface area (Å²) in [5, 5.41) is 2.18. The Labute approximate surface area is 142 Å². The maximum absolute atomic E-state index is 4.54. The Balaban J connectivity index is 1.68. The molecule has 1 aromatic carbocycles. The molecule has 2 fully saturated rings. The van der Waals surface area contributed by atoms with Crippen LogP contribution in [0.25, 0.3) is 11.3 Å². The fourth-order valence-corrected chi connectivity index (χ4v) is 6.27. The van der Waals surface area contributed by atoms with Gasteiger partial charge in [-0.05, 0) is 62.4 Å². The molecule has 3 aliphatic rings. The second-order valence-electron chi connectivity index (χ2n) is 7.76. The molecule has 2 heterocycles. The van der Waals surface area contributed by atoms with E-state index in [4.69, 9.17) is 0 Å². The Kier molecular flexibility index (Phi) is 3.18. The van der Waals surface area contributed by atoms with Crippen molar-refractivity contribution in [3.63, 3.8) is 0 Å². The van der Waals surface area contributed by atoms with Crippen LogP contribution in [0.4, 0.5) is 0 Å². The first-order valence-electron chi connectivity index (χ1n) is 9.00. The third-order valence-corrected chi connectivity index (χ3v) is 7.43. The number of likely N-dealkylation sites (tertiary alicyclic amines) is 1. The number of hydrogen-bond acceptors (Lipinski definition) is 3. The van der Waals surface area contributed by atoms with Crippen molar-refractivity contribution in [1.82, 2.24) is 9.88 Å². The van der Waals surface area contributed by atoms with Gasteiger partial charge < -0.3 is 4.90 Å². The van der Waals surface area contributed by atoms with Crippen LogP contribution < -0.4 is 0 Å². The van der Waals surface area contributed by atoms with Crippen molar-refractivity contribution in [2.45, 2.75) is 50.0 Å². The molecule has 0 spiro atoms. The zero-order chi connectivity index (χ0) is 15.4. The molecule has 3 atom stereocenters. The first-order chi connectivity index (χ1) is 11.3. The van der Waals surface area contributed by atoms with E-state index in [2.05, 4.69) is 40.5 Å². The lowest BCUT2D eigenvalue weighted by molar-refractivity contribution is 0.00289. The molecule has 2 aromatic rings. The molecule has 1 aliphatic heterocycles. The molecule has 3 heteroatoms. The van der Waals surface area contributed by atoms with Gasteiger partial charge in [0.25, 0.3) is 0 Å². The lowest BCUT2D eigenvalue weighted by atomic mass is 9.52. The van der Waals surface area contributed by atoms with Crippen molar-refractivity contribution in [3.05, 3.63) is 40.2 Å². The summed E-state index contributed by atoms with van der Waals surface area (Å²) in [4.78, 5) is 7.18. The van der Waals surface area contributed by atoms with Gasteiger partial charge in [0.1, 0.15) is 0 Å². The van der Waals surface area contributed by atoms with Crippen molar-refractivity contribution in [2.75, 3.05) is 13.6 Å². The highest BCUT2D eigenvalue weighted by Gasteiger charge is 2.52. The molecule has 2 nitrogen and oxygen atoms in total. The van der Waals surface area contributed by atoms with Crippen molar-refractivity contribution in [2.24, 2.45) is 5.92 Å². The van der Waals surface area contributed by atoms with E-state index in [9.17, 15) is 0 Å². The standard InChI is InChI=1S/C20H24N2S/c1-22-9-8-20-7-3-2-4-16(20)19(22)11-14-5-6-15(10-17(14)20)18-12-23-13-21-18/h5-6,10,12-13,16,19H,2-4,7-9,11H2,1H3/t16?,19-,20-/m0/s1. The zero-order valence-corrected chi connectivity index (χ0v) is 14.6. The number of aromatic nitrogens is 1. The van der Waals surface area contributed by atoms with Crippen LogP contribution in [0.15, 0.2) is 29.1 Å². The summed E-state index contributed by atoms with van der Waals surface area (Å²) in [5.41, 5.74) is 8.16. The van der Waals surface area contributed by atoms with E-state index in [1.807, 2.05) is 5.51 Å². The maximum Gasteiger partial charge on any atom is 0.0811 e. The Bertz CT molecular complexity index is 723. The quantitative estimate of drug-likeness (QED) is 0.768. The second kappa shape index (κ2) is 5.15.